The Balaban J connectivity index is 1.88. The first kappa shape index (κ1) is 17.2. The molecule has 0 bridgehead atoms. The third-order valence-electron chi connectivity index (χ3n) is 4.05. The van der Waals surface area contributed by atoms with Gasteiger partial charge in [-0.2, -0.15) is 0 Å². The summed E-state index contributed by atoms with van der Waals surface area (Å²) in [7, 11) is 0. The van der Waals surface area contributed by atoms with Crippen molar-refractivity contribution < 1.29 is 9.90 Å². The molecule has 0 unspecified atom stereocenters. The van der Waals surface area contributed by atoms with Gasteiger partial charge in [0, 0.05) is 10.7 Å². The molecule has 1 amide bonds. The molecule has 0 aliphatic rings. The second kappa shape index (κ2) is 7.51. The van der Waals surface area contributed by atoms with Crippen LogP contribution in [-0.2, 0) is 10.4 Å². The van der Waals surface area contributed by atoms with Crippen molar-refractivity contribution in [3.8, 4) is 0 Å². The minimum atomic E-state index is -1.40. The number of nitrogens with one attached hydrogen (secondary N) is 1. The van der Waals surface area contributed by atoms with Gasteiger partial charge in [0.15, 0.2) is 0 Å². The number of aliphatic hydroxyl groups is 1. The lowest BCUT2D eigenvalue weighted by Gasteiger charge is -2.29. The zero-order valence-electron chi connectivity index (χ0n) is 13.5. The quantitative estimate of drug-likeness (QED) is 0.705. The number of halogens is 1. The molecule has 0 saturated heterocycles. The van der Waals surface area contributed by atoms with Gasteiger partial charge >= 0.3 is 0 Å². The van der Waals surface area contributed by atoms with Crippen molar-refractivity contribution in [3.63, 3.8) is 0 Å². The van der Waals surface area contributed by atoms with Crippen LogP contribution in [0, 0.1) is 0 Å². The Bertz CT molecular complexity index is 793. The van der Waals surface area contributed by atoms with Crippen LogP contribution in [0.2, 0.25) is 5.02 Å². The second-order valence-corrected chi connectivity index (χ2v) is 6.26. The Kier molecular flexibility index (Phi) is 5.17. The van der Waals surface area contributed by atoms with E-state index in [-0.39, 0.29) is 12.3 Å². The molecule has 0 spiro atoms. The summed E-state index contributed by atoms with van der Waals surface area (Å²) in [6, 6.07) is 25.3. The highest BCUT2D eigenvalue weighted by molar-refractivity contribution is 6.30. The predicted octanol–water partition coefficient (Wildman–Crippen LogP) is 4.60. The zero-order valence-corrected chi connectivity index (χ0v) is 14.3. The first-order valence-electron chi connectivity index (χ1n) is 7.97. The van der Waals surface area contributed by atoms with E-state index in [4.69, 9.17) is 11.6 Å². The van der Waals surface area contributed by atoms with Gasteiger partial charge < -0.3 is 10.4 Å². The molecule has 126 valence electrons. The van der Waals surface area contributed by atoms with Crippen LogP contribution in [0.15, 0.2) is 84.9 Å². The molecule has 0 heterocycles. The summed E-state index contributed by atoms with van der Waals surface area (Å²) in [4.78, 5) is 12.6. The van der Waals surface area contributed by atoms with Crippen LogP contribution < -0.4 is 5.32 Å². The van der Waals surface area contributed by atoms with Crippen LogP contribution in [0.5, 0.6) is 0 Å². The van der Waals surface area contributed by atoms with Gasteiger partial charge in [0.1, 0.15) is 5.60 Å². The Morgan fingerprint density at radius 2 is 1.32 bits per heavy atom. The lowest BCUT2D eigenvalue weighted by molar-refractivity contribution is -0.120. The number of carbonyl (C=O) groups excluding carboxylic acids is 1. The summed E-state index contributed by atoms with van der Waals surface area (Å²) in [6.45, 7) is 0. The third kappa shape index (κ3) is 4.08. The zero-order chi connectivity index (χ0) is 17.7. The SMILES string of the molecule is O=C(CC(O)(c1ccccc1)c1ccccc1)Nc1ccc(Cl)cc1. The van der Waals surface area contributed by atoms with Gasteiger partial charge in [-0.3, -0.25) is 4.79 Å². The van der Waals surface area contributed by atoms with Gasteiger partial charge in [0.05, 0.1) is 6.42 Å². The summed E-state index contributed by atoms with van der Waals surface area (Å²) in [6.07, 6.45) is -0.0936. The highest BCUT2D eigenvalue weighted by atomic mass is 35.5. The Labute approximate surface area is 151 Å². The van der Waals surface area contributed by atoms with Crippen molar-refractivity contribution in [2.45, 2.75) is 12.0 Å². The van der Waals surface area contributed by atoms with Crippen LogP contribution >= 0.6 is 11.6 Å². The van der Waals surface area contributed by atoms with E-state index >= 15 is 0 Å². The van der Waals surface area contributed by atoms with E-state index in [2.05, 4.69) is 5.32 Å². The van der Waals surface area contributed by atoms with Crippen molar-refractivity contribution >= 4 is 23.2 Å². The fourth-order valence-corrected chi connectivity index (χ4v) is 2.90. The lowest BCUT2D eigenvalue weighted by atomic mass is 9.83. The number of rotatable bonds is 5. The van der Waals surface area contributed by atoms with E-state index in [1.54, 1.807) is 24.3 Å². The van der Waals surface area contributed by atoms with Crippen molar-refractivity contribution in [1.29, 1.82) is 0 Å². The van der Waals surface area contributed by atoms with Gasteiger partial charge in [-0.15, -0.1) is 0 Å². The topological polar surface area (TPSA) is 49.3 Å². The average Bonchev–Trinajstić information content (AvgIpc) is 2.65. The molecule has 0 radical (unpaired) electrons. The van der Waals surface area contributed by atoms with Crippen LogP contribution in [0.25, 0.3) is 0 Å². The number of amides is 1. The second-order valence-electron chi connectivity index (χ2n) is 5.82. The van der Waals surface area contributed by atoms with Gasteiger partial charge in [-0.05, 0) is 35.4 Å². The highest BCUT2D eigenvalue weighted by Crippen LogP contribution is 2.33. The summed E-state index contributed by atoms with van der Waals surface area (Å²) in [5, 5.41) is 14.8. The predicted molar refractivity (Wildman–Crippen MR) is 101 cm³/mol. The summed E-state index contributed by atoms with van der Waals surface area (Å²) < 4.78 is 0. The summed E-state index contributed by atoms with van der Waals surface area (Å²) >= 11 is 5.86. The summed E-state index contributed by atoms with van der Waals surface area (Å²) in [5.74, 6) is -0.280. The van der Waals surface area contributed by atoms with Gasteiger partial charge in [-0.1, -0.05) is 72.3 Å². The van der Waals surface area contributed by atoms with Crippen LogP contribution in [-0.4, -0.2) is 11.0 Å². The van der Waals surface area contributed by atoms with E-state index in [1.807, 2.05) is 60.7 Å². The van der Waals surface area contributed by atoms with E-state index in [0.717, 1.165) is 0 Å². The Hall–Kier alpha value is -2.62. The van der Waals surface area contributed by atoms with Gasteiger partial charge in [0.2, 0.25) is 5.91 Å². The molecule has 0 fully saturated rings. The minimum Gasteiger partial charge on any atom is -0.380 e. The molecule has 3 rings (SSSR count). The minimum absolute atomic E-state index is 0.0936. The molecule has 3 aromatic rings. The van der Waals surface area contributed by atoms with E-state index in [0.29, 0.717) is 21.8 Å². The maximum atomic E-state index is 12.6. The first-order valence-corrected chi connectivity index (χ1v) is 8.34. The maximum Gasteiger partial charge on any atom is 0.227 e. The van der Waals surface area contributed by atoms with Crippen molar-refractivity contribution in [2.75, 3.05) is 5.32 Å². The maximum absolute atomic E-state index is 12.6. The van der Waals surface area contributed by atoms with Gasteiger partial charge in [0.25, 0.3) is 0 Å². The van der Waals surface area contributed by atoms with Gasteiger partial charge in [-0.25, -0.2) is 0 Å². The fraction of sp³-hybridized carbons (Fsp3) is 0.0952. The molecule has 0 aliphatic carbocycles. The monoisotopic (exact) mass is 351 g/mol. The van der Waals surface area contributed by atoms with Crippen LogP contribution in [0.3, 0.4) is 0 Å². The molecule has 3 nitrogen and oxygen atoms in total. The molecule has 0 aromatic heterocycles. The van der Waals surface area contributed by atoms with Crippen LogP contribution in [0.4, 0.5) is 5.69 Å². The lowest BCUT2D eigenvalue weighted by Crippen LogP contribution is -2.32. The first-order chi connectivity index (χ1) is 12.1. The average molecular weight is 352 g/mol. The molecule has 0 aliphatic heterocycles. The van der Waals surface area contributed by atoms with Crippen molar-refractivity contribution in [2.24, 2.45) is 0 Å². The van der Waals surface area contributed by atoms with E-state index < -0.39 is 5.60 Å². The fourth-order valence-electron chi connectivity index (χ4n) is 2.77. The smallest absolute Gasteiger partial charge is 0.227 e. The number of benzene rings is 3. The summed E-state index contributed by atoms with van der Waals surface area (Å²) in [5.41, 5.74) is 0.580. The van der Waals surface area contributed by atoms with Crippen molar-refractivity contribution in [3.05, 3.63) is 101 Å². The van der Waals surface area contributed by atoms with E-state index in [9.17, 15) is 9.90 Å². The normalized spacial score (nSPS) is 11.1. The molecular formula is C21H18ClNO2. The number of anilines is 1. The highest BCUT2D eigenvalue weighted by Gasteiger charge is 2.34. The molecular weight excluding hydrogens is 334 g/mol. The van der Waals surface area contributed by atoms with E-state index in [1.165, 1.54) is 0 Å². The molecule has 3 aromatic carbocycles. The Morgan fingerprint density at radius 1 is 0.840 bits per heavy atom. The number of hydrogen-bond acceptors (Lipinski definition) is 2. The molecule has 0 saturated carbocycles. The standard InChI is InChI=1S/C21H18ClNO2/c22-18-11-13-19(14-12-18)23-20(24)15-21(25,16-7-3-1-4-8-16)17-9-5-2-6-10-17/h1-14,25H,15H2,(H,23,24). The third-order valence-corrected chi connectivity index (χ3v) is 4.30. The number of carbonyl (C=O) groups is 1. The largest absolute Gasteiger partial charge is 0.380 e. The molecule has 2 N–H and O–H groups in total. The number of hydrogen-bond donors (Lipinski definition) is 2. The van der Waals surface area contributed by atoms with Crippen molar-refractivity contribution in [1.82, 2.24) is 0 Å². The molecule has 4 heteroatoms. The molecule has 0 atom stereocenters. The van der Waals surface area contributed by atoms with Crippen LogP contribution in [0.1, 0.15) is 17.5 Å². The Morgan fingerprint density at radius 3 is 1.80 bits per heavy atom. The molecule has 25 heavy (non-hydrogen) atoms.